The molecule has 0 saturated carbocycles. The molecule has 1 aromatic heterocycles. The fraction of sp³-hybridized carbons (Fsp3) is 0.370. The fourth-order valence-corrected chi connectivity index (χ4v) is 4.93. The molecule has 3 heterocycles. The highest BCUT2D eigenvalue weighted by atomic mass is 19.1. The minimum Gasteiger partial charge on any atom is -0.343 e. The van der Waals surface area contributed by atoms with E-state index in [1.54, 1.807) is 12.1 Å². The SMILES string of the molecule is O=C(NC(c1ccc(F)cc1)c1ccc2ccccc2n1)C1CCN(C(=O)N2CCCC2)CC1. The molecular formula is C27H29FN4O2. The summed E-state index contributed by atoms with van der Waals surface area (Å²) in [7, 11) is 0. The summed E-state index contributed by atoms with van der Waals surface area (Å²) in [5, 5.41) is 4.18. The zero-order chi connectivity index (χ0) is 23.5. The third-order valence-corrected chi connectivity index (χ3v) is 6.92. The number of hydrogen-bond acceptors (Lipinski definition) is 3. The van der Waals surface area contributed by atoms with Crippen molar-refractivity contribution >= 4 is 22.8 Å². The van der Waals surface area contributed by atoms with E-state index in [0.717, 1.165) is 42.4 Å². The van der Waals surface area contributed by atoms with Crippen molar-refractivity contribution in [3.8, 4) is 0 Å². The number of benzene rings is 2. The summed E-state index contributed by atoms with van der Waals surface area (Å²) in [6.07, 6.45) is 3.40. The lowest BCUT2D eigenvalue weighted by Crippen LogP contribution is -2.48. The highest BCUT2D eigenvalue weighted by Gasteiger charge is 2.31. The molecule has 2 aliphatic rings. The molecule has 6 nitrogen and oxygen atoms in total. The molecule has 2 fully saturated rings. The Labute approximate surface area is 198 Å². The number of amides is 3. The number of nitrogens with zero attached hydrogens (tertiary/aromatic N) is 3. The number of para-hydroxylation sites is 1. The number of urea groups is 1. The molecule has 0 radical (unpaired) electrons. The van der Waals surface area contributed by atoms with E-state index in [0.29, 0.717) is 31.6 Å². The number of aromatic nitrogens is 1. The largest absolute Gasteiger partial charge is 0.343 e. The van der Waals surface area contributed by atoms with Crippen molar-refractivity contribution in [3.63, 3.8) is 0 Å². The number of rotatable bonds is 4. The van der Waals surface area contributed by atoms with Crippen LogP contribution in [0.15, 0.2) is 60.7 Å². The van der Waals surface area contributed by atoms with Crippen LogP contribution < -0.4 is 5.32 Å². The van der Waals surface area contributed by atoms with Gasteiger partial charge in [-0.15, -0.1) is 0 Å². The highest BCUT2D eigenvalue weighted by molar-refractivity contribution is 5.81. The zero-order valence-electron chi connectivity index (χ0n) is 19.1. The first-order chi connectivity index (χ1) is 16.6. The van der Waals surface area contributed by atoms with E-state index < -0.39 is 6.04 Å². The van der Waals surface area contributed by atoms with Crippen molar-refractivity contribution in [1.29, 1.82) is 0 Å². The summed E-state index contributed by atoms with van der Waals surface area (Å²) in [5.74, 6) is -0.557. The van der Waals surface area contributed by atoms with Crippen molar-refractivity contribution in [3.05, 3.63) is 77.7 Å². The maximum atomic E-state index is 13.6. The number of nitrogens with one attached hydrogen (secondary N) is 1. The van der Waals surface area contributed by atoms with Gasteiger partial charge in [-0.25, -0.2) is 9.18 Å². The molecule has 5 rings (SSSR count). The number of pyridine rings is 1. The van der Waals surface area contributed by atoms with Gasteiger partial charge >= 0.3 is 6.03 Å². The second kappa shape index (κ2) is 9.79. The van der Waals surface area contributed by atoms with Gasteiger partial charge < -0.3 is 15.1 Å². The molecule has 1 unspecified atom stereocenters. The average molecular weight is 461 g/mol. The van der Waals surface area contributed by atoms with Crippen LogP contribution in [-0.2, 0) is 4.79 Å². The van der Waals surface area contributed by atoms with Crippen LogP contribution in [0, 0.1) is 11.7 Å². The summed E-state index contributed by atoms with van der Waals surface area (Å²) < 4.78 is 13.6. The topological polar surface area (TPSA) is 65.5 Å². The fourth-order valence-electron chi connectivity index (χ4n) is 4.93. The molecule has 1 N–H and O–H groups in total. The van der Waals surface area contributed by atoms with Gasteiger partial charge in [0.15, 0.2) is 0 Å². The second-order valence-electron chi connectivity index (χ2n) is 9.16. The predicted molar refractivity (Wildman–Crippen MR) is 129 cm³/mol. The number of carbonyl (C=O) groups excluding carboxylic acids is 2. The van der Waals surface area contributed by atoms with Crippen LogP contribution in [0.4, 0.5) is 9.18 Å². The average Bonchev–Trinajstić information content (AvgIpc) is 3.42. The van der Waals surface area contributed by atoms with Gasteiger partial charge in [0.1, 0.15) is 5.82 Å². The van der Waals surface area contributed by atoms with Crippen LogP contribution in [0.1, 0.15) is 43.0 Å². The number of piperidine rings is 1. The number of fused-ring (bicyclic) bond motifs is 1. The number of hydrogen-bond donors (Lipinski definition) is 1. The summed E-state index contributed by atoms with van der Waals surface area (Å²) in [6.45, 7) is 2.83. The maximum absolute atomic E-state index is 13.6. The van der Waals surface area contributed by atoms with Crippen LogP contribution >= 0.6 is 0 Å². The Hall–Kier alpha value is -3.48. The summed E-state index contributed by atoms with van der Waals surface area (Å²) in [4.78, 5) is 34.5. The van der Waals surface area contributed by atoms with E-state index in [4.69, 9.17) is 4.98 Å². The Balaban J connectivity index is 1.31. The summed E-state index contributed by atoms with van der Waals surface area (Å²) in [6, 6.07) is 17.5. The summed E-state index contributed by atoms with van der Waals surface area (Å²) >= 11 is 0. The van der Waals surface area contributed by atoms with Gasteiger partial charge in [-0.1, -0.05) is 36.4 Å². The second-order valence-corrected chi connectivity index (χ2v) is 9.16. The first kappa shape index (κ1) is 22.3. The predicted octanol–water partition coefficient (Wildman–Crippen LogP) is 4.51. The Bertz CT molecular complexity index is 1170. The Morgan fingerprint density at radius 3 is 2.29 bits per heavy atom. The Morgan fingerprint density at radius 2 is 1.56 bits per heavy atom. The van der Waals surface area contributed by atoms with Crippen LogP contribution in [-0.4, -0.2) is 52.9 Å². The van der Waals surface area contributed by atoms with Crippen molar-refractivity contribution in [1.82, 2.24) is 20.1 Å². The number of halogens is 1. The quantitative estimate of drug-likeness (QED) is 0.623. The van der Waals surface area contributed by atoms with E-state index in [2.05, 4.69) is 5.32 Å². The van der Waals surface area contributed by atoms with Crippen LogP contribution in [0.5, 0.6) is 0 Å². The van der Waals surface area contributed by atoms with E-state index in [1.165, 1.54) is 12.1 Å². The number of likely N-dealkylation sites (tertiary alicyclic amines) is 2. The van der Waals surface area contributed by atoms with Gasteiger partial charge in [-0.3, -0.25) is 9.78 Å². The van der Waals surface area contributed by atoms with Crippen molar-refractivity contribution in [2.75, 3.05) is 26.2 Å². The standard InChI is InChI=1S/C27H29FN4O2/c28-22-10-7-20(8-11-22)25(24-12-9-19-5-1-2-6-23(19)29-24)30-26(33)21-13-17-32(18-14-21)27(34)31-15-3-4-16-31/h1-2,5-12,21,25H,3-4,13-18H2,(H,30,33). The van der Waals surface area contributed by atoms with Gasteiger partial charge in [-0.05, 0) is 55.5 Å². The van der Waals surface area contributed by atoms with Crippen LogP contribution in [0.3, 0.4) is 0 Å². The lowest BCUT2D eigenvalue weighted by molar-refractivity contribution is -0.126. The zero-order valence-corrected chi connectivity index (χ0v) is 19.1. The molecule has 2 aromatic carbocycles. The third kappa shape index (κ3) is 4.74. The Kier molecular flexibility index (Phi) is 6.43. The monoisotopic (exact) mass is 460 g/mol. The van der Waals surface area contributed by atoms with Crippen molar-refractivity contribution in [2.45, 2.75) is 31.7 Å². The summed E-state index contributed by atoms with van der Waals surface area (Å²) in [5.41, 5.74) is 2.33. The first-order valence-corrected chi connectivity index (χ1v) is 12.0. The molecule has 0 bridgehead atoms. The normalized spacial score (nSPS) is 17.7. The Morgan fingerprint density at radius 1 is 0.882 bits per heavy atom. The van der Waals surface area contributed by atoms with Gasteiger partial charge in [0, 0.05) is 37.5 Å². The molecule has 34 heavy (non-hydrogen) atoms. The van der Waals surface area contributed by atoms with Crippen molar-refractivity contribution < 1.29 is 14.0 Å². The van der Waals surface area contributed by atoms with Gasteiger partial charge in [0.25, 0.3) is 0 Å². The van der Waals surface area contributed by atoms with E-state index in [-0.39, 0.29) is 23.7 Å². The molecule has 2 aliphatic heterocycles. The highest BCUT2D eigenvalue weighted by Crippen LogP contribution is 2.26. The molecular weight excluding hydrogens is 431 g/mol. The smallest absolute Gasteiger partial charge is 0.319 e. The molecule has 1 atom stereocenters. The van der Waals surface area contributed by atoms with Gasteiger partial charge in [0.2, 0.25) is 5.91 Å². The van der Waals surface area contributed by atoms with Crippen LogP contribution in [0.2, 0.25) is 0 Å². The molecule has 3 aromatic rings. The van der Waals surface area contributed by atoms with E-state index in [1.807, 2.05) is 46.2 Å². The molecule has 0 aliphatic carbocycles. The minimum atomic E-state index is -0.484. The molecule has 3 amide bonds. The minimum absolute atomic E-state index is 0.0578. The maximum Gasteiger partial charge on any atom is 0.319 e. The van der Waals surface area contributed by atoms with Crippen molar-refractivity contribution in [2.24, 2.45) is 5.92 Å². The van der Waals surface area contributed by atoms with Gasteiger partial charge in [0.05, 0.1) is 17.3 Å². The number of carbonyl (C=O) groups is 2. The lowest BCUT2D eigenvalue weighted by Gasteiger charge is -2.34. The third-order valence-electron chi connectivity index (χ3n) is 6.92. The molecule has 7 heteroatoms. The van der Waals surface area contributed by atoms with E-state index >= 15 is 0 Å². The van der Waals surface area contributed by atoms with E-state index in [9.17, 15) is 14.0 Å². The molecule has 176 valence electrons. The lowest BCUT2D eigenvalue weighted by atomic mass is 9.94. The van der Waals surface area contributed by atoms with Gasteiger partial charge in [-0.2, -0.15) is 0 Å². The molecule has 2 saturated heterocycles. The first-order valence-electron chi connectivity index (χ1n) is 12.0. The molecule has 0 spiro atoms. The van der Waals surface area contributed by atoms with Crippen LogP contribution in [0.25, 0.3) is 10.9 Å².